The Labute approximate surface area is 156 Å². The summed E-state index contributed by atoms with van der Waals surface area (Å²) >= 11 is 0. The number of aliphatic hydroxyl groups excluding tert-OH is 1. The number of aliphatic imine (C=N–C) groups is 2. The van der Waals surface area contributed by atoms with Gasteiger partial charge in [-0.2, -0.15) is 0 Å². The molecule has 0 aromatic rings. The Bertz CT molecular complexity index is 506. The molecule has 0 amide bonds. The molecule has 0 bridgehead atoms. The number of hydrogen-bond acceptors (Lipinski definition) is 11. The van der Waals surface area contributed by atoms with Crippen LogP contribution in [-0.4, -0.2) is 98.9 Å². The van der Waals surface area contributed by atoms with Crippen molar-refractivity contribution in [3.05, 3.63) is 0 Å². The lowest BCUT2D eigenvalue weighted by atomic mass is 9.90. The summed E-state index contributed by atoms with van der Waals surface area (Å²) in [4.78, 5) is 50.9. The minimum Gasteiger partial charge on any atom is -0.394 e. The Morgan fingerprint density at radius 2 is 1.26 bits per heavy atom. The first-order chi connectivity index (χ1) is 13.0. The van der Waals surface area contributed by atoms with Gasteiger partial charge in [0.15, 0.2) is 11.6 Å². The molecule has 11 nitrogen and oxygen atoms in total. The van der Waals surface area contributed by atoms with E-state index < -0.39 is 23.8 Å². The van der Waals surface area contributed by atoms with Crippen LogP contribution in [0.25, 0.3) is 0 Å². The van der Waals surface area contributed by atoms with Crippen LogP contribution in [0, 0.1) is 0 Å². The maximum Gasteiger partial charge on any atom is 0.234 e. The van der Waals surface area contributed by atoms with Gasteiger partial charge in [-0.15, -0.1) is 0 Å². The highest BCUT2D eigenvalue weighted by atomic mass is 16.5. The summed E-state index contributed by atoms with van der Waals surface area (Å²) in [6.45, 7) is -0.241. The third kappa shape index (κ3) is 11.3. The summed E-state index contributed by atoms with van der Waals surface area (Å²) in [5.74, 6) is -1.72. The first-order valence-corrected chi connectivity index (χ1v) is 8.23. The Hall–Kier alpha value is -2.10. The summed E-state index contributed by atoms with van der Waals surface area (Å²) < 4.78 is 15.3. The lowest BCUT2D eigenvalue weighted by Gasteiger charge is -2.24. The van der Waals surface area contributed by atoms with Gasteiger partial charge in [0, 0.05) is 12.8 Å². The van der Waals surface area contributed by atoms with Gasteiger partial charge in [0.2, 0.25) is 17.8 Å². The number of rotatable bonds is 18. The standard InChI is InChI=1S/C16H24N2O9/c19-5-6-25-7-8-26-9-10-27-11-16(24,14(22)1-3-17-12-20)15(23)2-4-18-13-21/h19,24H,1-11H2. The zero-order valence-corrected chi connectivity index (χ0v) is 14.9. The SMILES string of the molecule is O=C=NCCC(=O)C(O)(COCCOCCOCCO)C(=O)CCN=C=O. The van der Waals surface area contributed by atoms with E-state index >= 15 is 0 Å². The molecule has 0 unspecified atom stereocenters. The number of Topliss-reactive ketones (excluding diaryl/α,β-unsaturated/α-hetero) is 2. The van der Waals surface area contributed by atoms with E-state index in [1.165, 1.54) is 12.2 Å². The Morgan fingerprint density at radius 1 is 0.815 bits per heavy atom. The minimum atomic E-state index is -2.43. The number of nitrogens with zero attached hydrogens (tertiary/aromatic N) is 2. The molecule has 0 atom stereocenters. The number of carbonyl (C=O) groups is 2. The van der Waals surface area contributed by atoms with Gasteiger partial charge in [-0.3, -0.25) is 9.59 Å². The van der Waals surface area contributed by atoms with Crippen molar-refractivity contribution in [1.29, 1.82) is 0 Å². The highest BCUT2D eigenvalue weighted by Gasteiger charge is 2.42. The van der Waals surface area contributed by atoms with E-state index in [9.17, 15) is 24.3 Å². The molecular weight excluding hydrogens is 364 g/mol. The van der Waals surface area contributed by atoms with Gasteiger partial charge in [0.1, 0.15) is 0 Å². The van der Waals surface area contributed by atoms with E-state index in [-0.39, 0.29) is 65.6 Å². The molecule has 0 aromatic carbocycles. The molecule has 0 saturated heterocycles. The largest absolute Gasteiger partial charge is 0.394 e. The van der Waals surface area contributed by atoms with E-state index in [2.05, 4.69) is 9.98 Å². The third-order valence-electron chi connectivity index (χ3n) is 3.24. The highest BCUT2D eigenvalue weighted by molar-refractivity contribution is 6.10. The maximum atomic E-state index is 12.2. The van der Waals surface area contributed by atoms with Gasteiger partial charge in [-0.05, 0) is 0 Å². The number of hydrogen-bond donors (Lipinski definition) is 2. The fourth-order valence-corrected chi connectivity index (χ4v) is 1.86. The number of ketones is 2. The lowest BCUT2D eigenvalue weighted by molar-refractivity contribution is -0.158. The van der Waals surface area contributed by atoms with Crippen molar-refractivity contribution in [3.8, 4) is 0 Å². The van der Waals surface area contributed by atoms with Crippen LogP contribution < -0.4 is 0 Å². The van der Waals surface area contributed by atoms with Crippen molar-refractivity contribution < 1.29 is 43.6 Å². The van der Waals surface area contributed by atoms with Gasteiger partial charge < -0.3 is 24.4 Å². The molecule has 0 heterocycles. The summed E-state index contributed by atoms with van der Waals surface area (Å²) in [6, 6.07) is 0. The van der Waals surface area contributed by atoms with Gasteiger partial charge in [-0.25, -0.2) is 19.6 Å². The number of aliphatic hydroxyl groups is 2. The minimum absolute atomic E-state index is 0.00184. The normalized spacial score (nSPS) is 12.5. The van der Waals surface area contributed by atoms with Crippen LogP contribution in [0.3, 0.4) is 0 Å². The molecule has 27 heavy (non-hydrogen) atoms. The van der Waals surface area contributed by atoms with Crippen LogP contribution in [0.15, 0.2) is 9.98 Å². The van der Waals surface area contributed by atoms with E-state index in [0.29, 0.717) is 0 Å². The van der Waals surface area contributed by atoms with Gasteiger partial charge in [-0.1, -0.05) is 0 Å². The van der Waals surface area contributed by atoms with Crippen molar-refractivity contribution in [2.24, 2.45) is 9.98 Å². The van der Waals surface area contributed by atoms with Crippen LogP contribution in [0.2, 0.25) is 0 Å². The van der Waals surface area contributed by atoms with E-state index in [1.807, 2.05) is 0 Å². The average molecular weight is 388 g/mol. The van der Waals surface area contributed by atoms with E-state index in [1.54, 1.807) is 0 Å². The Kier molecular flexibility index (Phi) is 14.8. The zero-order valence-electron chi connectivity index (χ0n) is 14.9. The molecule has 0 aromatic heterocycles. The predicted octanol–water partition coefficient (Wildman–Crippen LogP) is -1.65. The monoisotopic (exact) mass is 388 g/mol. The van der Waals surface area contributed by atoms with Crippen LogP contribution in [0.1, 0.15) is 12.8 Å². The molecule has 0 saturated carbocycles. The molecule has 0 aliphatic heterocycles. The molecule has 0 aliphatic carbocycles. The topological polar surface area (TPSA) is 161 Å². The van der Waals surface area contributed by atoms with Crippen molar-refractivity contribution in [3.63, 3.8) is 0 Å². The predicted molar refractivity (Wildman–Crippen MR) is 89.7 cm³/mol. The molecule has 0 radical (unpaired) electrons. The average Bonchev–Trinajstić information content (AvgIpc) is 2.66. The van der Waals surface area contributed by atoms with Crippen LogP contribution in [0.5, 0.6) is 0 Å². The smallest absolute Gasteiger partial charge is 0.234 e. The highest BCUT2D eigenvalue weighted by Crippen LogP contribution is 2.14. The summed E-state index contributed by atoms with van der Waals surface area (Å²) in [7, 11) is 0. The van der Waals surface area contributed by atoms with Crippen molar-refractivity contribution in [1.82, 2.24) is 0 Å². The number of carbonyl (C=O) groups excluding carboxylic acids is 4. The molecule has 0 spiro atoms. The van der Waals surface area contributed by atoms with E-state index in [4.69, 9.17) is 19.3 Å². The molecule has 2 N–H and O–H groups in total. The molecule has 0 aliphatic rings. The first kappa shape index (κ1) is 24.9. The second-order valence-corrected chi connectivity index (χ2v) is 5.15. The fraction of sp³-hybridized carbons (Fsp3) is 0.750. The lowest BCUT2D eigenvalue weighted by Crippen LogP contribution is -2.51. The number of isocyanates is 2. The molecule has 152 valence electrons. The van der Waals surface area contributed by atoms with Crippen molar-refractivity contribution in [2.45, 2.75) is 18.4 Å². The van der Waals surface area contributed by atoms with Crippen molar-refractivity contribution >= 4 is 23.7 Å². The van der Waals surface area contributed by atoms with Gasteiger partial charge in [0.05, 0.1) is 59.3 Å². The van der Waals surface area contributed by atoms with Gasteiger partial charge >= 0.3 is 0 Å². The second-order valence-electron chi connectivity index (χ2n) is 5.15. The van der Waals surface area contributed by atoms with Gasteiger partial charge in [0.25, 0.3) is 0 Å². The summed E-state index contributed by atoms with van der Waals surface area (Å²) in [5.41, 5.74) is -2.43. The molecule has 0 fully saturated rings. The maximum absolute atomic E-state index is 12.2. The van der Waals surface area contributed by atoms with Crippen LogP contribution in [0.4, 0.5) is 0 Å². The fourth-order valence-electron chi connectivity index (χ4n) is 1.86. The second kappa shape index (κ2) is 16.1. The van der Waals surface area contributed by atoms with Crippen LogP contribution >= 0.6 is 0 Å². The zero-order chi connectivity index (χ0) is 20.4. The molecular formula is C16H24N2O9. The molecule has 0 rings (SSSR count). The molecule has 11 heteroatoms. The Balaban J connectivity index is 4.48. The number of ether oxygens (including phenoxy) is 3. The first-order valence-electron chi connectivity index (χ1n) is 8.23. The van der Waals surface area contributed by atoms with Crippen LogP contribution in [-0.2, 0) is 33.4 Å². The van der Waals surface area contributed by atoms with Crippen molar-refractivity contribution in [2.75, 3.05) is 59.3 Å². The summed E-state index contributed by atoms with van der Waals surface area (Å²) in [5, 5.41) is 19.0. The summed E-state index contributed by atoms with van der Waals surface area (Å²) in [6.07, 6.45) is 1.81. The van der Waals surface area contributed by atoms with E-state index in [0.717, 1.165) is 0 Å². The third-order valence-corrected chi connectivity index (χ3v) is 3.24. The quantitative estimate of drug-likeness (QED) is 0.121. The Morgan fingerprint density at radius 3 is 1.70 bits per heavy atom.